The van der Waals surface area contributed by atoms with Crippen LogP contribution in [-0.2, 0) is 16.0 Å². The molecular formula is C28H30FN3O2. The Labute approximate surface area is 199 Å². The molecule has 5 rings (SSSR count). The molecule has 2 heterocycles. The first-order valence-corrected chi connectivity index (χ1v) is 12.1. The van der Waals surface area contributed by atoms with E-state index in [1.807, 2.05) is 28.0 Å². The van der Waals surface area contributed by atoms with Crippen LogP contribution in [-0.4, -0.2) is 48.4 Å². The van der Waals surface area contributed by atoms with E-state index in [1.165, 1.54) is 22.4 Å². The van der Waals surface area contributed by atoms with Gasteiger partial charge in [-0.05, 0) is 47.7 Å². The number of piperazine rings is 1. The monoisotopic (exact) mass is 459 g/mol. The van der Waals surface area contributed by atoms with Crippen molar-refractivity contribution in [2.45, 2.75) is 37.6 Å². The largest absolute Gasteiger partial charge is 0.366 e. The summed E-state index contributed by atoms with van der Waals surface area (Å²) >= 11 is 0. The molecule has 2 saturated heterocycles. The van der Waals surface area contributed by atoms with Gasteiger partial charge in [-0.15, -0.1) is 0 Å². The van der Waals surface area contributed by atoms with Gasteiger partial charge in [0.2, 0.25) is 11.8 Å². The van der Waals surface area contributed by atoms with Crippen molar-refractivity contribution in [3.63, 3.8) is 0 Å². The normalized spacial score (nSPS) is 20.6. The van der Waals surface area contributed by atoms with Crippen molar-refractivity contribution in [3.8, 4) is 0 Å². The van der Waals surface area contributed by atoms with E-state index in [1.54, 1.807) is 12.1 Å². The number of benzene rings is 3. The van der Waals surface area contributed by atoms with E-state index in [0.29, 0.717) is 51.1 Å². The van der Waals surface area contributed by atoms with E-state index in [4.69, 9.17) is 0 Å². The molecule has 1 N–H and O–H groups in total. The minimum absolute atomic E-state index is 0.0618. The summed E-state index contributed by atoms with van der Waals surface area (Å²) in [5, 5.41) is 5.58. The summed E-state index contributed by atoms with van der Waals surface area (Å²) < 4.78 is 14.1. The summed E-state index contributed by atoms with van der Waals surface area (Å²) in [4.78, 5) is 29.1. The maximum absolute atomic E-state index is 14.1. The molecule has 2 aliphatic heterocycles. The highest BCUT2D eigenvalue weighted by Gasteiger charge is 2.38. The molecule has 2 aliphatic rings. The van der Waals surface area contributed by atoms with Gasteiger partial charge in [-0.2, -0.15) is 0 Å². The van der Waals surface area contributed by atoms with E-state index < -0.39 is 0 Å². The molecule has 2 amide bonds. The highest BCUT2D eigenvalue weighted by atomic mass is 19.1. The van der Waals surface area contributed by atoms with Crippen LogP contribution in [0.4, 0.5) is 10.1 Å². The summed E-state index contributed by atoms with van der Waals surface area (Å²) in [6.07, 6.45) is 2.99. The van der Waals surface area contributed by atoms with E-state index in [-0.39, 0.29) is 23.2 Å². The molecule has 6 heteroatoms. The van der Waals surface area contributed by atoms with Gasteiger partial charge in [0.25, 0.3) is 0 Å². The maximum Gasteiger partial charge on any atom is 0.222 e. The molecule has 1 unspecified atom stereocenters. The molecular weight excluding hydrogens is 429 g/mol. The van der Waals surface area contributed by atoms with Crippen molar-refractivity contribution in [2.24, 2.45) is 0 Å². The minimum atomic E-state index is -0.385. The topological polar surface area (TPSA) is 52.7 Å². The number of rotatable bonds is 6. The van der Waals surface area contributed by atoms with Crippen molar-refractivity contribution >= 4 is 28.3 Å². The van der Waals surface area contributed by atoms with Gasteiger partial charge in [-0.25, -0.2) is 4.39 Å². The smallest absolute Gasteiger partial charge is 0.222 e. The summed E-state index contributed by atoms with van der Waals surface area (Å²) in [6, 6.07) is 21.5. The molecule has 0 aromatic heterocycles. The molecule has 1 atom stereocenters. The number of hydrogen-bond acceptors (Lipinski definition) is 3. The number of halogens is 1. The van der Waals surface area contributed by atoms with Crippen LogP contribution in [0.5, 0.6) is 0 Å². The summed E-state index contributed by atoms with van der Waals surface area (Å²) in [7, 11) is 0. The molecule has 0 radical (unpaired) electrons. The Morgan fingerprint density at radius 1 is 0.941 bits per heavy atom. The number of anilines is 1. The first-order valence-electron chi connectivity index (χ1n) is 12.1. The average Bonchev–Trinajstić information content (AvgIpc) is 3.23. The van der Waals surface area contributed by atoms with Crippen LogP contribution in [0.25, 0.3) is 10.8 Å². The molecule has 0 aliphatic carbocycles. The SMILES string of the molecule is O=C1CCC(CCC(=O)N2CCN(c3ccccc3F)CC2)(Cc2ccc3ccccc3c2)N1. The lowest BCUT2D eigenvalue weighted by Gasteiger charge is -2.37. The van der Waals surface area contributed by atoms with Crippen molar-refractivity contribution in [1.29, 1.82) is 0 Å². The zero-order chi connectivity index (χ0) is 23.5. The molecule has 5 nitrogen and oxygen atoms in total. The van der Waals surface area contributed by atoms with Gasteiger partial charge < -0.3 is 15.1 Å². The number of carbonyl (C=O) groups excluding carboxylic acids is 2. The van der Waals surface area contributed by atoms with Crippen LogP contribution < -0.4 is 10.2 Å². The molecule has 2 fully saturated rings. The molecule has 34 heavy (non-hydrogen) atoms. The Hall–Kier alpha value is -3.41. The zero-order valence-electron chi connectivity index (χ0n) is 19.3. The fraction of sp³-hybridized carbons (Fsp3) is 0.357. The van der Waals surface area contributed by atoms with E-state index >= 15 is 0 Å². The second-order valence-electron chi connectivity index (χ2n) is 9.51. The molecule has 0 saturated carbocycles. The van der Waals surface area contributed by atoms with E-state index in [9.17, 15) is 14.0 Å². The number of nitrogens with one attached hydrogen (secondary N) is 1. The first kappa shape index (κ1) is 22.4. The van der Waals surface area contributed by atoms with Crippen LogP contribution in [0.2, 0.25) is 0 Å². The first-order chi connectivity index (χ1) is 16.5. The van der Waals surface area contributed by atoms with Crippen LogP contribution in [0.3, 0.4) is 0 Å². The van der Waals surface area contributed by atoms with Gasteiger partial charge in [0.15, 0.2) is 0 Å². The van der Waals surface area contributed by atoms with Crippen molar-refractivity contribution < 1.29 is 14.0 Å². The van der Waals surface area contributed by atoms with E-state index in [0.717, 1.165) is 12.8 Å². The number of carbonyl (C=O) groups is 2. The number of amides is 2. The third-order valence-corrected chi connectivity index (χ3v) is 7.23. The van der Waals surface area contributed by atoms with Crippen molar-refractivity contribution in [1.82, 2.24) is 10.2 Å². The standard InChI is InChI=1S/C28H30FN3O2/c29-24-7-3-4-8-25(24)31-15-17-32(18-16-31)27(34)12-14-28(13-11-26(33)30-28)20-21-9-10-22-5-1-2-6-23(22)19-21/h1-10,19H,11-18,20H2,(H,30,33). The Kier molecular flexibility index (Phi) is 6.22. The van der Waals surface area contributed by atoms with Gasteiger partial charge in [0.05, 0.1) is 5.69 Å². The molecule has 176 valence electrons. The summed E-state index contributed by atoms with van der Waals surface area (Å²) in [5.74, 6) is -0.0613. The lowest BCUT2D eigenvalue weighted by atomic mass is 9.84. The number of hydrogen-bond donors (Lipinski definition) is 1. The van der Waals surface area contributed by atoms with Gasteiger partial charge in [0.1, 0.15) is 5.82 Å². The Morgan fingerprint density at radius 3 is 2.41 bits per heavy atom. The number of fused-ring (bicyclic) bond motifs is 1. The van der Waals surface area contributed by atoms with Gasteiger partial charge in [-0.1, -0.05) is 54.6 Å². The Morgan fingerprint density at radius 2 is 1.68 bits per heavy atom. The molecule has 0 spiro atoms. The van der Waals surface area contributed by atoms with Crippen LogP contribution in [0, 0.1) is 5.82 Å². The number of para-hydroxylation sites is 1. The van der Waals surface area contributed by atoms with Gasteiger partial charge in [0, 0.05) is 44.6 Å². The van der Waals surface area contributed by atoms with Crippen LogP contribution >= 0.6 is 0 Å². The third kappa shape index (κ3) is 4.76. The predicted molar refractivity (Wildman–Crippen MR) is 132 cm³/mol. The highest BCUT2D eigenvalue weighted by molar-refractivity contribution is 5.83. The second kappa shape index (κ2) is 9.45. The fourth-order valence-corrected chi connectivity index (χ4v) is 5.33. The predicted octanol–water partition coefficient (Wildman–Crippen LogP) is 4.30. The average molecular weight is 460 g/mol. The molecule has 3 aromatic rings. The number of nitrogens with zero attached hydrogens (tertiary/aromatic N) is 2. The Balaban J connectivity index is 1.21. The van der Waals surface area contributed by atoms with Crippen molar-refractivity contribution in [2.75, 3.05) is 31.1 Å². The van der Waals surface area contributed by atoms with Gasteiger partial charge >= 0.3 is 0 Å². The third-order valence-electron chi connectivity index (χ3n) is 7.23. The second-order valence-corrected chi connectivity index (χ2v) is 9.51. The summed E-state index contributed by atoms with van der Waals surface area (Å²) in [5.41, 5.74) is 1.38. The quantitative estimate of drug-likeness (QED) is 0.598. The molecule has 3 aromatic carbocycles. The lowest BCUT2D eigenvalue weighted by Crippen LogP contribution is -2.50. The fourth-order valence-electron chi connectivity index (χ4n) is 5.33. The zero-order valence-corrected chi connectivity index (χ0v) is 19.3. The van der Waals surface area contributed by atoms with E-state index in [2.05, 4.69) is 35.6 Å². The van der Waals surface area contributed by atoms with Crippen LogP contribution in [0.15, 0.2) is 66.7 Å². The lowest BCUT2D eigenvalue weighted by molar-refractivity contribution is -0.132. The highest BCUT2D eigenvalue weighted by Crippen LogP contribution is 2.31. The maximum atomic E-state index is 14.1. The minimum Gasteiger partial charge on any atom is -0.366 e. The molecule has 0 bridgehead atoms. The summed E-state index contributed by atoms with van der Waals surface area (Å²) in [6.45, 7) is 2.39. The van der Waals surface area contributed by atoms with Crippen molar-refractivity contribution in [3.05, 3.63) is 78.1 Å². The van der Waals surface area contributed by atoms with Crippen LogP contribution in [0.1, 0.15) is 31.2 Å². The Bertz CT molecular complexity index is 1200. The van der Waals surface area contributed by atoms with Gasteiger partial charge in [-0.3, -0.25) is 9.59 Å².